The van der Waals surface area contributed by atoms with E-state index in [0.717, 1.165) is 23.6 Å². The molecule has 14 atom stereocenters. The summed E-state index contributed by atoms with van der Waals surface area (Å²) >= 11 is 0. The number of halogens is 2. The largest absolute Gasteiger partial charge is 0.497 e. The van der Waals surface area contributed by atoms with Crippen molar-refractivity contribution in [2.75, 3.05) is 54.9 Å². The number of hydrogen-bond acceptors (Lipinski definition) is 22. The molecule has 0 unspecified atom stereocenters. The van der Waals surface area contributed by atoms with Crippen molar-refractivity contribution in [3.8, 4) is 35.0 Å². The number of esters is 2. The molecule has 624 valence electrons. The van der Waals surface area contributed by atoms with Crippen LogP contribution >= 0.6 is 0 Å². The zero-order chi connectivity index (χ0) is 83.0. The Labute approximate surface area is 667 Å². The minimum Gasteiger partial charge on any atom is -0.497 e. The SMILES string of the molecule is COc1ccc2c(O[C@@H]3C[C@H]4C(=O)C[C@]5(C(=O)NS(=O)(=O)C6(CF)CC6)C[C@H]5/C=C\CC[C@@H](C)C[C@@H](C)[C@H](CC(=O)OC(C)(C)C)C(=O)N4C3)nc(OC)cc2c1.COc1ccc2c(O[C@@H]3C[C@H]4C(=O)C[C@]5(C(=O)NS(=O)(=O)C6(CF)CC6)C[C@H]5/C=C\CC[C@H](C)C[C@@H](C)[C@H](CC(=O)OC(C)(C)C)C(=O)N4C3)nc(OC)cc2c1. The molecule has 0 radical (unpaired) electrons. The molecule has 8 aliphatic rings. The topological polar surface area (TPSA) is 335 Å². The zero-order valence-electron chi connectivity index (χ0n) is 67.9. The molecule has 26 nitrogen and oxygen atoms in total. The fraction of sp³-hybridized carbons (Fsp3) is 0.643. The van der Waals surface area contributed by atoms with Gasteiger partial charge in [-0.25, -0.2) is 25.6 Å². The van der Waals surface area contributed by atoms with E-state index in [0.29, 0.717) is 48.0 Å². The number of allylic oxidation sites excluding steroid dienone is 4. The second-order valence-corrected chi connectivity index (χ2v) is 39.4. The number of ketones is 2. The lowest BCUT2D eigenvalue weighted by Gasteiger charge is -2.32. The van der Waals surface area contributed by atoms with Crippen LogP contribution in [0.25, 0.3) is 21.5 Å². The first kappa shape index (κ1) is 86.3. The molecule has 4 amide bonds. The molecule has 4 aliphatic carbocycles. The first-order valence-electron chi connectivity index (χ1n) is 39.8. The predicted octanol–water partition coefficient (Wildman–Crippen LogP) is 11.7. The van der Waals surface area contributed by atoms with Crippen molar-refractivity contribution in [3.63, 3.8) is 0 Å². The molecular weight excluding hydrogens is 1520 g/mol. The number of sulfonamides is 2. The molecule has 30 heteroatoms. The summed E-state index contributed by atoms with van der Waals surface area (Å²) in [7, 11) is -2.62. The van der Waals surface area contributed by atoms with Crippen LogP contribution in [0.3, 0.4) is 0 Å². The molecule has 114 heavy (non-hydrogen) atoms. The van der Waals surface area contributed by atoms with Gasteiger partial charge in [-0.1, -0.05) is 52.0 Å². The van der Waals surface area contributed by atoms with E-state index in [1.165, 1.54) is 24.0 Å². The minimum atomic E-state index is -4.35. The molecule has 12 rings (SSSR count). The van der Waals surface area contributed by atoms with Gasteiger partial charge in [0, 0.05) is 48.6 Å². The highest BCUT2D eigenvalue weighted by atomic mass is 32.2. The predicted molar refractivity (Wildman–Crippen MR) is 420 cm³/mol. The molecule has 4 aliphatic heterocycles. The maximum atomic E-state index is 14.9. The number of pyridine rings is 2. The highest BCUT2D eigenvalue weighted by Gasteiger charge is 2.66. The number of fused-ring (bicyclic) bond motifs is 6. The Balaban J connectivity index is 0.000000225. The van der Waals surface area contributed by atoms with Gasteiger partial charge in [0.25, 0.3) is 0 Å². The van der Waals surface area contributed by atoms with E-state index in [2.05, 4.69) is 33.3 Å². The van der Waals surface area contributed by atoms with E-state index >= 15 is 0 Å². The summed E-state index contributed by atoms with van der Waals surface area (Å²) in [6.07, 6.45) is 10.2. The number of benzene rings is 2. The number of amides is 4. The van der Waals surface area contributed by atoms with Crippen molar-refractivity contribution >= 4 is 88.7 Å². The molecule has 2 N–H and O–H groups in total. The van der Waals surface area contributed by atoms with Gasteiger partial charge in [0.05, 0.1) is 89.1 Å². The Kier molecular flexibility index (Phi) is 25.7. The summed E-state index contributed by atoms with van der Waals surface area (Å²) in [6.45, 7) is 16.4. The molecule has 2 aromatic carbocycles. The third kappa shape index (κ3) is 19.3. The number of carbonyl (C=O) groups is 8. The van der Waals surface area contributed by atoms with Crippen LogP contribution in [-0.2, 0) is 67.9 Å². The molecule has 2 saturated heterocycles. The van der Waals surface area contributed by atoms with Gasteiger partial charge in [0.2, 0.25) is 67.2 Å². The fourth-order valence-corrected chi connectivity index (χ4v) is 19.8. The van der Waals surface area contributed by atoms with Crippen LogP contribution in [-0.4, -0.2) is 184 Å². The first-order valence-corrected chi connectivity index (χ1v) is 42.7. The monoisotopic (exact) mass is 1630 g/mol. The number of nitrogens with one attached hydrogen (secondary N) is 2. The minimum absolute atomic E-state index is 0.0191. The van der Waals surface area contributed by atoms with Crippen molar-refractivity contribution in [2.24, 2.45) is 58.2 Å². The average Bonchev–Trinajstić information content (AvgIpc) is 1.56. The van der Waals surface area contributed by atoms with E-state index in [1.54, 1.807) is 92.2 Å². The van der Waals surface area contributed by atoms with E-state index in [9.17, 15) is 64.0 Å². The van der Waals surface area contributed by atoms with Crippen LogP contribution in [0.4, 0.5) is 8.78 Å². The lowest BCUT2D eigenvalue weighted by Crippen LogP contribution is -2.48. The van der Waals surface area contributed by atoms with Gasteiger partial charge in [0.15, 0.2) is 11.6 Å². The molecule has 0 spiro atoms. The molecule has 0 bridgehead atoms. The standard InChI is InChI=1S/2C42H56FN3O10S/c2*1-25-10-8-9-11-28-21-42(28,39(50)45-57(51,52)41(24-43)14-15-41)22-34(47)33-19-30(55-37-31-13-12-29(53-6)17-27(31)18-35(44-37)54-7)23-46(33)38(49)32(26(2)16-25)20-36(48)56-40(3,4)5/h2*9,11-13,17-18,25-26,28,30,32-33H,8,10,14-16,19-24H2,1-7H3,(H,45,50)/b2*11-9-/t25-,26+,28+,30+,32-,33-,42+;25-,26-,28-,30-,32+,33+,42-/m01/s1. The number of carbonyl (C=O) groups excluding carboxylic acids is 8. The molecule has 2 aromatic heterocycles. The number of aromatic nitrogens is 2. The zero-order valence-corrected chi connectivity index (χ0v) is 69.6. The molecular formula is C84H112F2N6O20S2. The van der Waals surface area contributed by atoms with Crippen LogP contribution in [0, 0.1) is 58.2 Å². The van der Waals surface area contributed by atoms with Gasteiger partial charge < -0.3 is 47.7 Å². The summed E-state index contributed by atoms with van der Waals surface area (Å²) in [5, 5.41) is 2.76. The van der Waals surface area contributed by atoms with E-state index in [4.69, 9.17) is 37.9 Å². The number of ether oxygens (including phenoxy) is 8. The van der Waals surface area contributed by atoms with Crippen LogP contribution in [0.2, 0.25) is 0 Å². The van der Waals surface area contributed by atoms with Crippen molar-refractivity contribution in [2.45, 2.75) is 230 Å². The van der Waals surface area contributed by atoms with Crippen molar-refractivity contribution in [3.05, 3.63) is 72.8 Å². The Morgan fingerprint density at radius 1 is 0.535 bits per heavy atom. The van der Waals surface area contributed by atoms with Gasteiger partial charge >= 0.3 is 11.9 Å². The van der Waals surface area contributed by atoms with E-state index in [1.807, 2.05) is 50.3 Å². The summed E-state index contributed by atoms with van der Waals surface area (Å²) in [6, 6.07) is 12.1. The Hall–Kier alpha value is -8.54. The number of rotatable bonds is 20. The Bertz CT molecular complexity index is 4330. The highest BCUT2D eigenvalue weighted by molar-refractivity contribution is 7.92. The van der Waals surface area contributed by atoms with Crippen LogP contribution in [0.1, 0.15) is 185 Å². The third-order valence-corrected chi connectivity index (χ3v) is 28.4. The van der Waals surface area contributed by atoms with Gasteiger partial charge in [-0.3, -0.25) is 47.8 Å². The molecule has 6 heterocycles. The average molecular weight is 1630 g/mol. The van der Waals surface area contributed by atoms with Crippen molar-refractivity contribution in [1.82, 2.24) is 29.2 Å². The smallest absolute Gasteiger partial charge is 0.307 e. The van der Waals surface area contributed by atoms with Gasteiger partial charge in [-0.05, 0) is 201 Å². The number of hydrogen-bond donors (Lipinski definition) is 2. The van der Waals surface area contributed by atoms with E-state index in [-0.39, 0.29) is 137 Å². The molecule has 4 aromatic rings. The van der Waals surface area contributed by atoms with Gasteiger partial charge in [-0.15, -0.1) is 0 Å². The Morgan fingerprint density at radius 2 is 0.904 bits per heavy atom. The highest BCUT2D eigenvalue weighted by Crippen LogP contribution is 2.60. The van der Waals surface area contributed by atoms with Crippen LogP contribution < -0.4 is 37.9 Å². The Morgan fingerprint density at radius 3 is 1.23 bits per heavy atom. The number of methoxy groups -OCH3 is 4. The van der Waals surface area contributed by atoms with Crippen molar-refractivity contribution < 1.29 is 102 Å². The lowest BCUT2D eigenvalue weighted by atomic mass is 9.82. The number of nitrogens with zero attached hydrogens (tertiary/aromatic N) is 4. The molecule has 4 saturated carbocycles. The summed E-state index contributed by atoms with van der Waals surface area (Å²) < 4.78 is 128. The van der Waals surface area contributed by atoms with Gasteiger partial charge in [0.1, 0.15) is 57.8 Å². The second-order valence-electron chi connectivity index (χ2n) is 35.2. The summed E-state index contributed by atoms with van der Waals surface area (Å²) in [4.78, 5) is 126. The number of Topliss-reactive ketones (excluding diaryl/α,β-unsaturated/α-hetero) is 2. The second kappa shape index (κ2) is 34.0. The quantitative estimate of drug-likeness (QED) is 0.0613. The lowest BCUT2D eigenvalue weighted by molar-refractivity contribution is -0.160. The third-order valence-electron chi connectivity index (χ3n) is 24.2. The van der Waals surface area contributed by atoms with Crippen molar-refractivity contribution in [1.29, 1.82) is 0 Å². The molecule has 6 fully saturated rings. The summed E-state index contributed by atoms with van der Waals surface area (Å²) in [5.74, 6) is -4.91. The van der Waals surface area contributed by atoms with Gasteiger partial charge in [-0.2, -0.15) is 9.97 Å². The summed E-state index contributed by atoms with van der Waals surface area (Å²) in [5.41, 5.74) is -4.37. The maximum absolute atomic E-state index is 14.9. The fourth-order valence-electron chi connectivity index (χ4n) is 16.9. The maximum Gasteiger partial charge on any atom is 0.307 e. The number of alkyl halides is 2. The van der Waals surface area contributed by atoms with E-state index < -0.39 is 160 Å². The van der Waals surface area contributed by atoms with Crippen LogP contribution in [0.15, 0.2) is 72.8 Å². The first-order chi connectivity index (χ1) is 53.7. The normalized spacial score (nSPS) is 29.6. The van der Waals surface area contributed by atoms with Crippen LogP contribution in [0.5, 0.6) is 35.0 Å².